The van der Waals surface area contributed by atoms with Gasteiger partial charge in [0, 0.05) is 17.3 Å². The predicted molar refractivity (Wildman–Crippen MR) is 79.1 cm³/mol. The first-order valence-corrected chi connectivity index (χ1v) is 7.74. The second-order valence-corrected chi connectivity index (χ2v) is 6.17. The molecule has 3 nitrogen and oxygen atoms in total. The van der Waals surface area contributed by atoms with Crippen molar-refractivity contribution in [2.45, 2.75) is 57.5 Å². The molecule has 0 radical (unpaired) electrons. The normalized spacial score (nSPS) is 19.7. The highest BCUT2D eigenvalue weighted by Crippen LogP contribution is 2.20. The minimum atomic E-state index is 0.344. The van der Waals surface area contributed by atoms with Crippen molar-refractivity contribution >= 4 is 17.3 Å². The van der Waals surface area contributed by atoms with E-state index in [4.69, 9.17) is 5.73 Å². The zero-order valence-electron chi connectivity index (χ0n) is 11.1. The number of hydrogen-bond donors (Lipinski definition) is 2. The molecule has 3 N–H and O–H groups in total. The van der Waals surface area contributed by atoms with Crippen molar-refractivity contribution in [3.63, 3.8) is 0 Å². The van der Waals surface area contributed by atoms with E-state index in [1.165, 1.54) is 37.0 Å². The van der Waals surface area contributed by atoms with Gasteiger partial charge in [-0.25, -0.2) is 0 Å². The molecule has 0 aromatic carbocycles. The molecule has 1 aliphatic carbocycles. The third-order valence-electron chi connectivity index (χ3n) is 3.38. The molecule has 0 amide bonds. The number of nitrogens with one attached hydrogen (secondary N) is 1. The van der Waals surface area contributed by atoms with E-state index >= 15 is 0 Å². The van der Waals surface area contributed by atoms with Gasteiger partial charge in [-0.15, -0.1) is 11.3 Å². The van der Waals surface area contributed by atoms with Gasteiger partial charge in [0.1, 0.15) is 0 Å². The summed E-state index contributed by atoms with van der Waals surface area (Å²) in [5.74, 6) is 0.617. The van der Waals surface area contributed by atoms with Crippen LogP contribution in [-0.2, 0) is 6.42 Å². The molecule has 1 fully saturated rings. The Balaban J connectivity index is 1.78. The van der Waals surface area contributed by atoms with Gasteiger partial charge in [0.15, 0.2) is 5.96 Å². The molecule has 1 aromatic rings. The zero-order valence-corrected chi connectivity index (χ0v) is 11.9. The maximum absolute atomic E-state index is 5.98. The smallest absolute Gasteiger partial charge is 0.189 e. The van der Waals surface area contributed by atoms with E-state index in [1.807, 2.05) is 0 Å². The molecule has 1 heterocycles. The van der Waals surface area contributed by atoms with Crippen LogP contribution in [0.4, 0.5) is 0 Å². The first-order chi connectivity index (χ1) is 8.74. The predicted octanol–water partition coefficient (Wildman–Crippen LogP) is 2.92. The Labute approximate surface area is 114 Å². The summed E-state index contributed by atoms with van der Waals surface area (Å²) >= 11 is 1.79. The Bertz CT molecular complexity index is 366. The number of hydrogen-bond acceptors (Lipinski definition) is 2. The van der Waals surface area contributed by atoms with Gasteiger partial charge in [-0.2, -0.15) is 0 Å². The van der Waals surface area contributed by atoms with Crippen molar-refractivity contribution in [2.24, 2.45) is 10.7 Å². The minimum absolute atomic E-state index is 0.344. The molecule has 2 rings (SSSR count). The molecule has 1 unspecified atom stereocenters. The van der Waals surface area contributed by atoms with Crippen molar-refractivity contribution in [3.8, 4) is 0 Å². The number of rotatable bonds is 4. The molecule has 1 saturated carbocycles. The van der Waals surface area contributed by atoms with Gasteiger partial charge in [0.25, 0.3) is 0 Å². The van der Waals surface area contributed by atoms with Gasteiger partial charge in [-0.3, -0.25) is 4.99 Å². The summed E-state index contributed by atoms with van der Waals surface area (Å²) in [6.45, 7) is 2.16. The molecule has 1 atom stereocenters. The summed E-state index contributed by atoms with van der Waals surface area (Å²) in [5.41, 5.74) is 5.98. The SMILES string of the molecule is CC(Cc1cccs1)NC(N)=NC1CCCCC1. The average molecular weight is 265 g/mol. The van der Waals surface area contributed by atoms with Gasteiger partial charge in [0.05, 0.1) is 6.04 Å². The molecule has 1 aromatic heterocycles. The lowest BCUT2D eigenvalue weighted by Gasteiger charge is -2.20. The summed E-state index contributed by atoms with van der Waals surface area (Å²) in [6.07, 6.45) is 7.36. The van der Waals surface area contributed by atoms with E-state index in [1.54, 1.807) is 11.3 Å². The van der Waals surface area contributed by atoms with Crippen LogP contribution in [0.2, 0.25) is 0 Å². The summed E-state index contributed by atoms with van der Waals surface area (Å²) in [6, 6.07) is 5.04. The number of guanidine groups is 1. The summed E-state index contributed by atoms with van der Waals surface area (Å²) < 4.78 is 0. The van der Waals surface area contributed by atoms with Gasteiger partial charge in [0.2, 0.25) is 0 Å². The Morgan fingerprint density at radius 2 is 2.28 bits per heavy atom. The van der Waals surface area contributed by atoms with Crippen LogP contribution in [0.15, 0.2) is 22.5 Å². The number of thiophene rings is 1. The van der Waals surface area contributed by atoms with E-state index in [2.05, 4.69) is 34.7 Å². The van der Waals surface area contributed by atoms with Crippen LogP contribution in [0, 0.1) is 0 Å². The molecule has 0 saturated heterocycles. The fraction of sp³-hybridized carbons (Fsp3) is 0.643. The van der Waals surface area contributed by atoms with Gasteiger partial charge >= 0.3 is 0 Å². The lowest BCUT2D eigenvalue weighted by Crippen LogP contribution is -2.40. The van der Waals surface area contributed by atoms with E-state index in [9.17, 15) is 0 Å². The standard InChI is InChI=1S/C14H23N3S/c1-11(10-13-8-5-9-18-13)16-14(15)17-12-6-3-2-4-7-12/h5,8-9,11-12H,2-4,6-7,10H2,1H3,(H3,15,16,17). The molecule has 0 bridgehead atoms. The third kappa shape index (κ3) is 4.33. The topological polar surface area (TPSA) is 50.4 Å². The number of nitrogens with zero attached hydrogens (tertiary/aromatic N) is 1. The molecular weight excluding hydrogens is 242 g/mol. The summed E-state index contributed by atoms with van der Waals surface area (Å²) in [4.78, 5) is 5.98. The van der Waals surface area contributed by atoms with Crippen LogP contribution in [-0.4, -0.2) is 18.0 Å². The molecular formula is C14H23N3S. The second kappa shape index (κ2) is 6.78. The summed E-state index contributed by atoms with van der Waals surface area (Å²) in [7, 11) is 0. The summed E-state index contributed by atoms with van der Waals surface area (Å²) in [5, 5.41) is 5.41. The first kappa shape index (κ1) is 13.4. The van der Waals surface area contributed by atoms with E-state index < -0.39 is 0 Å². The van der Waals surface area contributed by atoms with Crippen molar-refractivity contribution in [1.29, 1.82) is 0 Å². The lowest BCUT2D eigenvalue weighted by molar-refractivity contribution is 0.441. The molecule has 1 aliphatic rings. The van der Waals surface area contributed by atoms with Crippen LogP contribution in [0.1, 0.15) is 43.9 Å². The molecule has 0 aliphatic heterocycles. The maximum Gasteiger partial charge on any atom is 0.189 e. The maximum atomic E-state index is 5.98. The Morgan fingerprint density at radius 1 is 1.50 bits per heavy atom. The number of nitrogens with two attached hydrogens (primary N) is 1. The molecule has 100 valence electrons. The van der Waals surface area contributed by atoms with Crippen LogP contribution < -0.4 is 11.1 Å². The molecule has 0 spiro atoms. The van der Waals surface area contributed by atoms with E-state index in [0.717, 1.165) is 6.42 Å². The highest BCUT2D eigenvalue weighted by molar-refractivity contribution is 7.09. The Hall–Kier alpha value is -1.03. The average Bonchev–Trinajstić information content (AvgIpc) is 2.82. The molecule has 18 heavy (non-hydrogen) atoms. The van der Waals surface area contributed by atoms with Gasteiger partial charge < -0.3 is 11.1 Å². The van der Waals surface area contributed by atoms with Gasteiger partial charge in [-0.05, 0) is 31.2 Å². The monoisotopic (exact) mass is 265 g/mol. The fourth-order valence-electron chi connectivity index (χ4n) is 2.48. The third-order valence-corrected chi connectivity index (χ3v) is 4.28. The van der Waals surface area contributed by atoms with Crippen molar-refractivity contribution in [1.82, 2.24) is 5.32 Å². The van der Waals surface area contributed by atoms with E-state index in [-0.39, 0.29) is 0 Å². The Morgan fingerprint density at radius 3 is 2.94 bits per heavy atom. The largest absolute Gasteiger partial charge is 0.370 e. The van der Waals surface area contributed by atoms with Crippen molar-refractivity contribution in [3.05, 3.63) is 22.4 Å². The van der Waals surface area contributed by atoms with Crippen LogP contribution in [0.3, 0.4) is 0 Å². The minimum Gasteiger partial charge on any atom is -0.370 e. The molecule has 4 heteroatoms. The fourth-order valence-corrected chi connectivity index (χ4v) is 3.31. The quantitative estimate of drug-likeness (QED) is 0.649. The lowest BCUT2D eigenvalue weighted by atomic mass is 9.96. The second-order valence-electron chi connectivity index (χ2n) is 5.14. The van der Waals surface area contributed by atoms with Crippen LogP contribution in [0.5, 0.6) is 0 Å². The first-order valence-electron chi connectivity index (χ1n) is 6.86. The van der Waals surface area contributed by atoms with Crippen LogP contribution in [0.25, 0.3) is 0 Å². The van der Waals surface area contributed by atoms with Crippen molar-refractivity contribution in [2.75, 3.05) is 0 Å². The van der Waals surface area contributed by atoms with Crippen LogP contribution >= 0.6 is 11.3 Å². The highest BCUT2D eigenvalue weighted by atomic mass is 32.1. The number of aliphatic imine (C=N–C) groups is 1. The van der Waals surface area contributed by atoms with E-state index in [0.29, 0.717) is 18.0 Å². The van der Waals surface area contributed by atoms with Crippen molar-refractivity contribution < 1.29 is 0 Å². The zero-order chi connectivity index (χ0) is 12.8. The Kier molecular flexibility index (Phi) is 5.05. The van der Waals surface area contributed by atoms with Gasteiger partial charge in [-0.1, -0.05) is 25.3 Å². The highest BCUT2D eigenvalue weighted by Gasteiger charge is 2.13.